The molecule has 0 radical (unpaired) electrons. The highest BCUT2D eigenvalue weighted by Gasteiger charge is 2.21. The van der Waals surface area contributed by atoms with Gasteiger partial charge in [-0.05, 0) is 79.6 Å². The third-order valence-corrected chi connectivity index (χ3v) is 9.09. The van der Waals surface area contributed by atoms with Crippen LogP contribution in [0.4, 0.5) is 17.1 Å². The number of para-hydroxylation sites is 1. The van der Waals surface area contributed by atoms with E-state index in [9.17, 15) is 21.6 Å². The number of ether oxygens (including phenoxy) is 2. The molecule has 0 saturated carbocycles. The van der Waals surface area contributed by atoms with Crippen molar-refractivity contribution in [2.75, 3.05) is 29.0 Å². The Morgan fingerprint density at radius 2 is 1.37 bits per heavy atom. The second-order valence-electron chi connectivity index (χ2n) is 9.05. The van der Waals surface area contributed by atoms with Crippen molar-refractivity contribution in [3.63, 3.8) is 0 Å². The van der Waals surface area contributed by atoms with E-state index in [1.54, 1.807) is 56.3 Å². The first-order valence-electron chi connectivity index (χ1n) is 12.3. The highest BCUT2D eigenvalue weighted by atomic mass is 32.2. The summed E-state index contributed by atoms with van der Waals surface area (Å²) in [6.45, 7) is 3.43. The first-order chi connectivity index (χ1) is 19.4. The van der Waals surface area contributed by atoms with Crippen LogP contribution in [0.2, 0.25) is 0 Å². The Morgan fingerprint density at radius 1 is 0.683 bits per heavy atom. The van der Waals surface area contributed by atoms with Gasteiger partial charge in [0, 0.05) is 17.3 Å². The number of rotatable bonds is 10. The maximum atomic E-state index is 13.1. The van der Waals surface area contributed by atoms with Crippen molar-refractivity contribution in [1.82, 2.24) is 0 Å². The van der Waals surface area contributed by atoms with E-state index in [2.05, 4.69) is 14.8 Å². The van der Waals surface area contributed by atoms with Crippen LogP contribution < -0.4 is 24.2 Å². The molecule has 10 nitrogen and oxygen atoms in total. The summed E-state index contributed by atoms with van der Waals surface area (Å²) in [5.41, 5.74) is 2.33. The van der Waals surface area contributed by atoms with Crippen LogP contribution in [0.3, 0.4) is 0 Å². The highest BCUT2D eigenvalue weighted by molar-refractivity contribution is 7.93. The number of sulfonamides is 2. The molecule has 41 heavy (non-hydrogen) atoms. The molecule has 0 aliphatic carbocycles. The molecule has 0 fully saturated rings. The van der Waals surface area contributed by atoms with Crippen molar-refractivity contribution in [2.24, 2.45) is 0 Å². The number of anilines is 3. The molecule has 4 aromatic rings. The molecule has 214 valence electrons. The molecule has 1 amide bonds. The van der Waals surface area contributed by atoms with Crippen molar-refractivity contribution < 1.29 is 31.1 Å². The van der Waals surface area contributed by atoms with Crippen LogP contribution in [0.5, 0.6) is 11.5 Å². The Labute approximate surface area is 239 Å². The number of amides is 1. The molecule has 0 atom stereocenters. The second kappa shape index (κ2) is 11.9. The van der Waals surface area contributed by atoms with Crippen LogP contribution in [0.25, 0.3) is 0 Å². The molecule has 3 N–H and O–H groups in total. The first kappa shape index (κ1) is 29.4. The van der Waals surface area contributed by atoms with Crippen LogP contribution in [0.1, 0.15) is 21.5 Å². The number of benzene rings is 4. The molecule has 0 saturated heterocycles. The molecule has 12 heteroatoms. The van der Waals surface area contributed by atoms with E-state index in [4.69, 9.17) is 9.47 Å². The molecule has 0 bridgehead atoms. The molecular weight excluding hydrogens is 566 g/mol. The van der Waals surface area contributed by atoms with Gasteiger partial charge in [-0.25, -0.2) is 16.8 Å². The standard InChI is InChI=1S/C29H29N3O7S2/c1-19-7-5-6-8-25(19)31-41(36,37)28-17-21(10-9-20(28)2)29(33)30-22-11-14-24(15-12-22)40(34,35)32-26-16-13-23(38-3)18-27(26)39-4/h5-18,31-32H,1-4H3,(H,30,33). The fourth-order valence-corrected chi connectivity index (χ4v) is 6.40. The van der Waals surface area contributed by atoms with E-state index < -0.39 is 26.0 Å². The molecule has 0 aromatic heterocycles. The largest absolute Gasteiger partial charge is 0.497 e. The second-order valence-corrected chi connectivity index (χ2v) is 12.4. The Bertz CT molecular complexity index is 1800. The average Bonchev–Trinajstić information content (AvgIpc) is 2.94. The van der Waals surface area contributed by atoms with Crippen LogP contribution in [0.15, 0.2) is 94.7 Å². The summed E-state index contributed by atoms with van der Waals surface area (Å²) in [7, 11) is -5.05. The van der Waals surface area contributed by atoms with Gasteiger partial charge < -0.3 is 14.8 Å². The molecular formula is C29H29N3O7S2. The van der Waals surface area contributed by atoms with Gasteiger partial charge in [0.25, 0.3) is 26.0 Å². The fourth-order valence-electron chi connectivity index (χ4n) is 3.93. The smallest absolute Gasteiger partial charge is 0.262 e. The zero-order valence-corrected chi connectivity index (χ0v) is 24.4. The average molecular weight is 596 g/mol. The van der Waals surface area contributed by atoms with Crippen molar-refractivity contribution in [1.29, 1.82) is 0 Å². The summed E-state index contributed by atoms with van der Waals surface area (Å²) in [6.07, 6.45) is 0. The minimum absolute atomic E-state index is 0.0325. The Hall–Kier alpha value is -4.55. The minimum atomic E-state index is -3.98. The van der Waals surface area contributed by atoms with Gasteiger partial charge in [0.15, 0.2) is 0 Å². The summed E-state index contributed by atoms with van der Waals surface area (Å²) < 4.78 is 67.6. The molecule has 0 heterocycles. The number of aryl methyl sites for hydroxylation is 2. The maximum Gasteiger partial charge on any atom is 0.262 e. The number of hydrogen-bond acceptors (Lipinski definition) is 7. The maximum absolute atomic E-state index is 13.1. The van der Waals surface area contributed by atoms with E-state index in [1.807, 2.05) is 0 Å². The van der Waals surface area contributed by atoms with Gasteiger partial charge in [-0.1, -0.05) is 24.3 Å². The van der Waals surface area contributed by atoms with Crippen LogP contribution in [0, 0.1) is 13.8 Å². The van der Waals surface area contributed by atoms with Crippen LogP contribution in [-0.4, -0.2) is 37.0 Å². The van der Waals surface area contributed by atoms with Gasteiger partial charge in [0.05, 0.1) is 35.4 Å². The third-order valence-electron chi connectivity index (χ3n) is 6.20. The van der Waals surface area contributed by atoms with E-state index in [1.165, 1.54) is 56.7 Å². The summed E-state index contributed by atoms with van der Waals surface area (Å²) in [6, 6.07) is 21.6. The lowest BCUT2D eigenvalue weighted by Gasteiger charge is -2.14. The van der Waals surface area contributed by atoms with Gasteiger partial charge in [-0.3, -0.25) is 14.2 Å². The highest BCUT2D eigenvalue weighted by Crippen LogP contribution is 2.31. The first-order valence-corrected chi connectivity index (χ1v) is 15.3. The SMILES string of the molecule is COc1ccc(NS(=O)(=O)c2ccc(NC(=O)c3ccc(C)c(S(=O)(=O)Nc4ccccc4C)c3)cc2)c(OC)c1. The Kier molecular flexibility index (Phi) is 8.55. The monoisotopic (exact) mass is 595 g/mol. The summed E-state index contributed by atoms with van der Waals surface area (Å²) in [5.74, 6) is 0.227. The van der Waals surface area contributed by atoms with Crippen LogP contribution in [-0.2, 0) is 20.0 Å². The van der Waals surface area contributed by atoms with E-state index >= 15 is 0 Å². The van der Waals surface area contributed by atoms with Crippen molar-refractivity contribution in [2.45, 2.75) is 23.6 Å². The Morgan fingerprint density at radius 3 is 2.02 bits per heavy atom. The summed E-state index contributed by atoms with van der Waals surface area (Å²) in [4.78, 5) is 12.9. The topological polar surface area (TPSA) is 140 Å². The van der Waals surface area contributed by atoms with E-state index in [0.717, 1.165) is 5.56 Å². The van der Waals surface area contributed by atoms with Crippen LogP contribution >= 0.6 is 0 Å². The van der Waals surface area contributed by atoms with Gasteiger partial charge >= 0.3 is 0 Å². The molecule has 0 spiro atoms. The normalized spacial score (nSPS) is 11.4. The summed E-state index contributed by atoms with van der Waals surface area (Å²) >= 11 is 0. The van der Waals surface area contributed by atoms with Gasteiger partial charge in [0.2, 0.25) is 0 Å². The van der Waals surface area contributed by atoms with Crippen molar-refractivity contribution in [3.8, 4) is 11.5 Å². The lowest BCUT2D eigenvalue weighted by atomic mass is 10.1. The van der Waals surface area contributed by atoms with E-state index in [-0.39, 0.29) is 26.8 Å². The van der Waals surface area contributed by atoms with Gasteiger partial charge in [-0.2, -0.15) is 0 Å². The van der Waals surface area contributed by atoms with Gasteiger partial charge in [-0.15, -0.1) is 0 Å². The quantitative estimate of drug-likeness (QED) is 0.230. The molecule has 0 aliphatic rings. The number of hydrogen-bond donors (Lipinski definition) is 3. The number of methoxy groups -OCH3 is 2. The predicted molar refractivity (Wildman–Crippen MR) is 158 cm³/mol. The zero-order chi connectivity index (χ0) is 29.8. The number of carbonyl (C=O) groups is 1. The predicted octanol–water partition coefficient (Wildman–Crippen LogP) is 5.17. The molecule has 0 unspecified atom stereocenters. The van der Waals surface area contributed by atoms with Gasteiger partial charge in [0.1, 0.15) is 11.5 Å². The fraction of sp³-hybridized carbons (Fsp3) is 0.138. The third kappa shape index (κ3) is 6.79. The zero-order valence-electron chi connectivity index (χ0n) is 22.8. The molecule has 4 aromatic carbocycles. The summed E-state index contributed by atoms with van der Waals surface area (Å²) in [5, 5.41) is 2.67. The van der Waals surface area contributed by atoms with E-state index in [0.29, 0.717) is 22.7 Å². The minimum Gasteiger partial charge on any atom is -0.497 e. The Balaban J connectivity index is 1.50. The lowest BCUT2D eigenvalue weighted by molar-refractivity contribution is 0.102. The number of nitrogens with one attached hydrogen (secondary N) is 3. The number of carbonyl (C=O) groups excluding carboxylic acids is 1. The molecule has 4 rings (SSSR count). The lowest BCUT2D eigenvalue weighted by Crippen LogP contribution is -2.17. The van der Waals surface area contributed by atoms with Crippen molar-refractivity contribution in [3.05, 3.63) is 102 Å². The van der Waals surface area contributed by atoms with Crippen molar-refractivity contribution >= 4 is 43.0 Å². The molecule has 0 aliphatic heterocycles.